The highest BCUT2D eigenvalue weighted by molar-refractivity contribution is 5.76. The molecule has 302 valence electrons. The zero-order chi connectivity index (χ0) is 37.4. The molecule has 1 fully saturated rings. The Morgan fingerprint density at radius 1 is 0.647 bits per heavy atom. The molecule has 1 aliphatic heterocycles. The fraction of sp³-hybridized carbons (Fsp3) is 0.929. The van der Waals surface area contributed by atoms with E-state index in [0.29, 0.717) is 12.8 Å². The molecular weight excluding hydrogens is 646 g/mol. The highest BCUT2D eigenvalue weighted by Crippen LogP contribution is 2.23. The quantitative estimate of drug-likeness (QED) is 0.0283. The van der Waals surface area contributed by atoms with Crippen LogP contribution in [0.15, 0.2) is 12.2 Å². The van der Waals surface area contributed by atoms with E-state index in [1.54, 1.807) is 0 Å². The second-order valence-electron chi connectivity index (χ2n) is 15.1. The van der Waals surface area contributed by atoms with E-state index in [2.05, 4.69) is 31.3 Å². The largest absolute Gasteiger partial charge is 0.394 e. The van der Waals surface area contributed by atoms with Crippen molar-refractivity contribution in [2.24, 2.45) is 0 Å². The molecule has 7 unspecified atom stereocenters. The SMILES string of the molecule is CCCCCCCC/C=C\CCCCCCCCCCCC(=O)NC(COC1OC(CO)C(O)C(O)C1O)C(O)CCCCCCCCCCC. The number of hydrogen-bond acceptors (Lipinski definition) is 8. The fourth-order valence-electron chi connectivity index (χ4n) is 6.86. The van der Waals surface area contributed by atoms with E-state index in [1.165, 1.54) is 128 Å². The van der Waals surface area contributed by atoms with Gasteiger partial charge in [0.1, 0.15) is 24.4 Å². The van der Waals surface area contributed by atoms with Crippen molar-refractivity contribution < 1.29 is 39.8 Å². The third-order valence-electron chi connectivity index (χ3n) is 10.4. The van der Waals surface area contributed by atoms with Gasteiger partial charge in [-0.25, -0.2) is 0 Å². The van der Waals surface area contributed by atoms with Crippen molar-refractivity contribution in [3.05, 3.63) is 12.2 Å². The van der Waals surface area contributed by atoms with Crippen LogP contribution in [0.25, 0.3) is 0 Å². The van der Waals surface area contributed by atoms with E-state index in [4.69, 9.17) is 9.47 Å². The minimum atomic E-state index is -1.55. The second-order valence-corrected chi connectivity index (χ2v) is 15.1. The van der Waals surface area contributed by atoms with Crippen LogP contribution in [0, 0.1) is 0 Å². The van der Waals surface area contributed by atoms with Crippen LogP contribution in [0.5, 0.6) is 0 Å². The molecule has 1 rings (SSSR count). The molecule has 51 heavy (non-hydrogen) atoms. The van der Waals surface area contributed by atoms with E-state index >= 15 is 0 Å². The third-order valence-corrected chi connectivity index (χ3v) is 10.4. The Balaban J connectivity index is 2.30. The number of carbonyl (C=O) groups is 1. The van der Waals surface area contributed by atoms with Crippen molar-refractivity contribution in [2.75, 3.05) is 13.2 Å². The van der Waals surface area contributed by atoms with Crippen LogP contribution in [0.1, 0.15) is 194 Å². The standard InChI is InChI=1S/C42H81NO8/c1-3-5-7-9-11-13-14-15-16-17-18-19-20-21-22-24-26-28-30-32-38(46)43-35(36(45)31-29-27-25-23-12-10-8-6-4-2)34-50-42-41(49)40(48)39(47)37(33-44)51-42/h15-16,35-37,39-42,44-45,47-49H,3-14,17-34H2,1-2H3,(H,43,46)/b16-15-. The van der Waals surface area contributed by atoms with Crippen LogP contribution < -0.4 is 5.32 Å². The predicted molar refractivity (Wildman–Crippen MR) is 207 cm³/mol. The topological polar surface area (TPSA) is 149 Å². The number of nitrogens with one attached hydrogen (secondary N) is 1. The molecule has 0 aliphatic carbocycles. The maximum atomic E-state index is 12.9. The van der Waals surface area contributed by atoms with Crippen molar-refractivity contribution in [2.45, 2.75) is 236 Å². The summed E-state index contributed by atoms with van der Waals surface area (Å²) in [6.07, 6.45) is 29.4. The number of allylic oxidation sites excluding steroid dienone is 2. The highest BCUT2D eigenvalue weighted by atomic mass is 16.7. The lowest BCUT2D eigenvalue weighted by Crippen LogP contribution is -2.60. The van der Waals surface area contributed by atoms with Gasteiger partial charge in [-0.05, 0) is 38.5 Å². The second kappa shape index (κ2) is 33.5. The summed E-state index contributed by atoms with van der Waals surface area (Å²) in [6, 6.07) is -0.713. The number of amides is 1. The molecule has 0 aromatic carbocycles. The average molecular weight is 728 g/mol. The lowest BCUT2D eigenvalue weighted by molar-refractivity contribution is -0.302. The van der Waals surface area contributed by atoms with Gasteiger partial charge in [0, 0.05) is 6.42 Å². The summed E-state index contributed by atoms with van der Waals surface area (Å²) in [5.74, 6) is -0.149. The maximum Gasteiger partial charge on any atom is 0.220 e. The molecule has 0 aromatic rings. The first-order valence-electron chi connectivity index (χ1n) is 21.4. The maximum absolute atomic E-state index is 12.9. The number of rotatable bonds is 35. The molecule has 9 heteroatoms. The molecular formula is C42H81NO8. The number of ether oxygens (including phenoxy) is 2. The van der Waals surface area contributed by atoms with Crippen molar-refractivity contribution >= 4 is 5.91 Å². The smallest absolute Gasteiger partial charge is 0.220 e. The van der Waals surface area contributed by atoms with E-state index in [-0.39, 0.29) is 12.5 Å². The lowest BCUT2D eigenvalue weighted by atomic mass is 9.99. The molecule has 7 atom stereocenters. The summed E-state index contributed by atoms with van der Waals surface area (Å²) >= 11 is 0. The van der Waals surface area contributed by atoms with Gasteiger partial charge in [0.25, 0.3) is 0 Å². The van der Waals surface area contributed by atoms with Gasteiger partial charge in [-0.15, -0.1) is 0 Å². The monoisotopic (exact) mass is 728 g/mol. The number of hydrogen-bond donors (Lipinski definition) is 6. The highest BCUT2D eigenvalue weighted by Gasteiger charge is 2.44. The van der Waals surface area contributed by atoms with Crippen molar-refractivity contribution in [3.8, 4) is 0 Å². The van der Waals surface area contributed by atoms with Crippen LogP contribution in [-0.4, -0.2) is 87.5 Å². The van der Waals surface area contributed by atoms with Crippen molar-refractivity contribution in [1.82, 2.24) is 5.32 Å². The number of carbonyl (C=O) groups excluding carboxylic acids is 1. The Morgan fingerprint density at radius 2 is 1.10 bits per heavy atom. The first-order chi connectivity index (χ1) is 24.8. The van der Waals surface area contributed by atoms with Crippen LogP contribution >= 0.6 is 0 Å². The molecule has 0 aromatic heterocycles. The van der Waals surface area contributed by atoms with Crippen molar-refractivity contribution in [1.29, 1.82) is 0 Å². The predicted octanol–water partition coefficient (Wildman–Crippen LogP) is 8.17. The third kappa shape index (κ3) is 24.8. The van der Waals surface area contributed by atoms with Crippen molar-refractivity contribution in [3.63, 3.8) is 0 Å². The molecule has 6 N–H and O–H groups in total. The Labute approximate surface area is 312 Å². The van der Waals surface area contributed by atoms with Gasteiger partial charge in [0.2, 0.25) is 5.91 Å². The fourth-order valence-corrected chi connectivity index (χ4v) is 6.86. The van der Waals surface area contributed by atoms with Gasteiger partial charge >= 0.3 is 0 Å². The Hall–Kier alpha value is -1.07. The molecule has 0 spiro atoms. The summed E-state index contributed by atoms with van der Waals surface area (Å²) in [5.41, 5.74) is 0. The molecule has 1 heterocycles. The van der Waals surface area contributed by atoms with Crippen LogP contribution in [0.2, 0.25) is 0 Å². The van der Waals surface area contributed by atoms with Gasteiger partial charge in [-0.3, -0.25) is 4.79 Å². The first-order valence-corrected chi connectivity index (χ1v) is 21.4. The molecule has 1 saturated heterocycles. The van der Waals surface area contributed by atoms with E-state index in [9.17, 15) is 30.3 Å². The summed E-state index contributed by atoms with van der Waals surface area (Å²) in [5, 5.41) is 54.1. The van der Waals surface area contributed by atoms with Crippen LogP contribution in [0.4, 0.5) is 0 Å². The molecule has 1 amide bonds. The summed E-state index contributed by atoms with van der Waals surface area (Å²) < 4.78 is 11.2. The summed E-state index contributed by atoms with van der Waals surface area (Å²) in [4.78, 5) is 12.9. The van der Waals surface area contributed by atoms with E-state index < -0.39 is 49.5 Å². The Bertz CT molecular complexity index is 812. The van der Waals surface area contributed by atoms with Crippen LogP contribution in [-0.2, 0) is 14.3 Å². The minimum absolute atomic E-state index is 0.136. The molecule has 0 radical (unpaired) electrons. The summed E-state index contributed by atoms with van der Waals surface area (Å²) in [7, 11) is 0. The molecule has 9 nitrogen and oxygen atoms in total. The Kier molecular flexibility index (Phi) is 31.5. The van der Waals surface area contributed by atoms with Gasteiger partial charge in [-0.1, -0.05) is 161 Å². The van der Waals surface area contributed by atoms with Gasteiger partial charge in [-0.2, -0.15) is 0 Å². The lowest BCUT2D eigenvalue weighted by Gasteiger charge is -2.40. The Morgan fingerprint density at radius 3 is 1.59 bits per heavy atom. The zero-order valence-corrected chi connectivity index (χ0v) is 32.9. The molecule has 0 saturated carbocycles. The molecule has 1 aliphatic rings. The van der Waals surface area contributed by atoms with Gasteiger partial charge < -0.3 is 40.3 Å². The number of aliphatic hydroxyl groups is 5. The average Bonchev–Trinajstić information content (AvgIpc) is 3.13. The molecule has 0 bridgehead atoms. The summed E-state index contributed by atoms with van der Waals surface area (Å²) in [6.45, 7) is 3.80. The van der Waals surface area contributed by atoms with Gasteiger partial charge in [0.05, 0.1) is 25.4 Å². The number of aliphatic hydroxyl groups excluding tert-OH is 5. The normalized spacial score (nSPS) is 22.1. The van der Waals surface area contributed by atoms with Crippen LogP contribution in [0.3, 0.4) is 0 Å². The first kappa shape index (κ1) is 48.0. The van der Waals surface area contributed by atoms with E-state index in [0.717, 1.165) is 38.5 Å². The zero-order valence-electron chi connectivity index (χ0n) is 32.9. The number of unbranched alkanes of at least 4 members (excludes halogenated alkanes) is 23. The van der Waals surface area contributed by atoms with Gasteiger partial charge in [0.15, 0.2) is 6.29 Å². The minimum Gasteiger partial charge on any atom is -0.394 e. The van der Waals surface area contributed by atoms with E-state index in [1.807, 2.05) is 0 Å².